The molecule has 1 fully saturated rings. The number of hydrogen-bond acceptors (Lipinski definition) is 3. The second-order valence-corrected chi connectivity index (χ2v) is 4.99. The van der Waals surface area contributed by atoms with Crippen LogP contribution in [0.4, 0.5) is 0 Å². The van der Waals surface area contributed by atoms with Crippen molar-refractivity contribution in [2.24, 2.45) is 0 Å². The normalized spacial score (nSPS) is 13.3. The van der Waals surface area contributed by atoms with E-state index >= 15 is 0 Å². The van der Waals surface area contributed by atoms with Gasteiger partial charge in [-0.15, -0.1) is 0 Å². The van der Waals surface area contributed by atoms with Gasteiger partial charge in [-0.05, 0) is 25.0 Å². The highest BCUT2D eigenvalue weighted by Gasteiger charge is 2.23. The molecule has 0 saturated heterocycles. The van der Waals surface area contributed by atoms with Crippen LogP contribution in [0.3, 0.4) is 0 Å². The van der Waals surface area contributed by atoms with E-state index < -0.39 is 0 Å². The van der Waals surface area contributed by atoms with E-state index in [0.29, 0.717) is 11.6 Å². The van der Waals surface area contributed by atoms with Gasteiger partial charge in [-0.25, -0.2) is 0 Å². The number of hydrogen-bond donors (Lipinski definition) is 3. The number of benzene rings is 1. The fourth-order valence-electron chi connectivity index (χ4n) is 1.75. The lowest BCUT2D eigenvalue weighted by molar-refractivity contribution is -0.126. The Morgan fingerprint density at radius 1 is 1.00 bits per heavy atom. The molecular formula is C15H19N3O3. The predicted molar refractivity (Wildman–Crippen MR) is 77.6 cm³/mol. The molecule has 1 saturated carbocycles. The van der Waals surface area contributed by atoms with E-state index in [1.807, 2.05) is 6.07 Å². The highest BCUT2D eigenvalue weighted by molar-refractivity contribution is 5.94. The van der Waals surface area contributed by atoms with E-state index in [4.69, 9.17) is 0 Å². The van der Waals surface area contributed by atoms with E-state index in [0.717, 1.165) is 12.8 Å². The molecule has 112 valence electrons. The Hall–Kier alpha value is -2.37. The number of amides is 3. The Morgan fingerprint density at radius 2 is 1.71 bits per heavy atom. The summed E-state index contributed by atoms with van der Waals surface area (Å²) in [6.45, 7) is 0.228. The van der Waals surface area contributed by atoms with Crippen molar-refractivity contribution in [2.45, 2.75) is 25.3 Å². The van der Waals surface area contributed by atoms with Crippen molar-refractivity contribution < 1.29 is 14.4 Å². The second-order valence-electron chi connectivity index (χ2n) is 4.99. The number of rotatable bonds is 7. The summed E-state index contributed by atoms with van der Waals surface area (Å²) < 4.78 is 0. The second kappa shape index (κ2) is 7.42. The standard InChI is InChI=1S/C15H19N3O3/c19-13(17-10-14(20)18-12-6-7-12)8-9-16-15(21)11-4-2-1-3-5-11/h1-5,12H,6-10H2,(H,16,21)(H,17,19)(H,18,20). The summed E-state index contributed by atoms with van der Waals surface area (Å²) in [5.74, 6) is -0.636. The average molecular weight is 289 g/mol. The summed E-state index contributed by atoms with van der Waals surface area (Å²) in [7, 11) is 0. The van der Waals surface area contributed by atoms with Crippen LogP contribution in [0.5, 0.6) is 0 Å². The highest BCUT2D eigenvalue weighted by atomic mass is 16.2. The Morgan fingerprint density at radius 3 is 2.38 bits per heavy atom. The number of carbonyl (C=O) groups is 3. The maximum absolute atomic E-state index is 11.7. The van der Waals surface area contributed by atoms with Gasteiger partial charge in [0.05, 0.1) is 6.54 Å². The van der Waals surface area contributed by atoms with Gasteiger partial charge in [-0.1, -0.05) is 18.2 Å². The van der Waals surface area contributed by atoms with Crippen LogP contribution in [0.2, 0.25) is 0 Å². The third-order valence-corrected chi connectivity index (χ3v) is 3.06. The molecule has 0 spiro atoms. The summed E-state index contributed by atoms with van der Waals surface area (Å²) >= 11 is 0. The quantitative estimate of drug-likeness (QED) is 0.670. The zero-order valence-corrected chi connectivity index (χ0v) is 11.7. The van der Waals surface area contributed by atoms with Gasteiger partial charge in [-0.3, -0.25) is 14.4 Å². The van der Waals surface area contributed by atoms with E-state index in [9.17, 15) is 14.4 Å². The molecule has 3 N–H and O–H groups in total. The van der Waals surface area contributed by atoms with Crippen LogP contribution >= 0.6 is 0 Å². The highest BCUT2D eigenvalue weighted by Crippen LogP contribution is 2.18. The zero-order valence-electron chi connectivity index (χ0n) is 11.7. The van der Waals surface area contributed by atoms with Crippen molar-refractivity contribution in [3.63, 3.8) is 0 Å². The molecule has 2 rings (SSSR count). The van der Waals surface area contributed by atoms with Crippen molar-refractivity contribution in [3.8, 4) is 0 Å². The minimum Gasteiger partial charge on any atom is -0.352 e. The van der Waals surface area contributed by atoms with Crippen LogP contribution in [0, 0.1) is 0 Å². The molecule has 0 radical (unpaired) electrons. The summed E-state index contributed by atoms with van der Waals surface area (Å²) in [5, 5.41) is 7.97. The molecule has 1 aromatic carbocycles. The largest absolute Gasteiger partial charge is 0.352 e. The topological polar surface area (TPSA) is 87.3 Å². The van der Waals surface area contributed by atoms with Crippen LogP contribution in [0.1, 0.15) is 29.6 Å². The van der Waals surface area contributed by atoms with Crippen molar-refractivity contribution >= 4 is 17.7 Å². The molecule has 1 aromatic rings. The Labute approximate surface area is 123 Å². The minimum absolute atomic E-state index is 0.0119. The number of nitrogens with one attached hydrogen (secondary N) is 3. The Bertz CT molecular complexity index is 512. The van der Waals surface area contributed by atoms with Gasteiger partial charge in [0.15, 0.2) is 0 Å². The van der Waals surface area contributed by atoms with Crippen molar-refractivity contribution in [1.82, 2.24) is 16.0 Å². The van der Waals surface area contributed by atoms with Crippen LogP contribution in [-0.4, -0.2) is 36.9 Å². The van der Waals surface area contributed by atoms with E-state index in [2.05, 4.69) is 16.0 Å². The van der Waals surface area contributed by atoms with Crippen molar-refractivity contribution in [1.29, 1.82) is 0 Å². The zero-order chi connectivity index (χ0) is 15.1. The predicted octanol–water partition coefficient (Wildman–Crippen LogP) is 0.201. The van der Waals surface area contributed by atoms with Gasteiger partial charge in [-0.2, -0.15) is 0 Å². The van der Waals surface area contributed by atoms with Crippen molar-refractivity contribution in [2.75, 3.05) is 13.1 Å². The average Bonchev–Trinajstić information content (AvgIpc) is 3.30. The third-order valence-electron chi connectivity index (χ3n) is 3.06. The van der Waals surface area contributed by atoms with Gasteiger partial charge >= 0.3 is 0 Å². The molecule has 0 atom stereocenters. The minimum atomic E-state index is -0.255. The molecule has 0 bridgehead atoms. The lowest BCUT2D eigenvalue weighted by Crippen LogP contribution is -2.39. The SMILES string of the molecule is O=C(CCNC(=O)c1ccccc1)NCC(=O)NC1CC1. The first-order chi connectivity index (χ1) is 10.1. The molecule has 1 aliphatic carbocycles. The summed E-state index contributed by atoms with van der Waals surface area (Å²) in [6.07, 6.45) is 2.19. The van der Waals surface area contributed by atoms with Crippen LogP contribution in [0.15, 0.2) is 30.3 Å². The van der Waals surface area contributed by atoms with Crippen LogP contribution in [0.25, 0.3) is 0 Å². The van der Waals surface area contributed by atoms with Gasteiger partial charge in [0, 0.05) is 24.6 Å². The molecular weight excluding hydrogens is 270 g/mol. The van der Waals surface area contributed by atoms with Gasteiger partial charge < -0.3 is 16.0 Å². The van der Waals surface area contributed by atoms with Crippen LogP contribution in [-0.2, 0) is 9.59 Å². The lowest BCUT2D eigenvalue weighted by Gasteiger charge is -2.07. The van der Waals surface area contributed by atoms with Gasteiger partial charge in [0.25, 0.3) is 5.91 Å². The van der Waals surface area contributed by atoms with Gasteiger partial charge in [0.2, 0.25) is 11.8 Å². The third kappa shape index (κ3) is 5.64. The molecule has 0 unspecified atom stereocenters. The Balaban J connectivity index is 1.58. The molecule has 0 aliphatic heterocycles. The molecule has 3 amide bonds. The van der Waals surface area contributed by atoms with E-state index in [-0.39, 0.29) is 37.2 Å². The van der Waals surface area contributed by atoms with Crippen LogP contribution < -0.4 is 16.0 Å². The molecule has 0 heterocycles. The fraction of sp³-hybridized carbons (Fsp3) is 0.400. The maximum Gasteiger partial charge on any atom is 0.251 e. The molecule has 0 aromatic heterocycles. The van der Waals surface area contributed by atoms with Crippen molar-refractivity contribution in [3.05, 3.63) is 35.9 Å². The summed E-state index contributed by atoms with van der Waals surface area (Å²) in [4.78, 5) is 34.6. The lowest BCUT2D eigenvalue weighted by atomic mass is 10.2. The monoisotopic (exact) mass is 289 g/mol. The number of carbonyl (C=O) groups excluding carboxylic acids is 3. The Kier molecular flexibility index (Phi) is 5.31. The smallest absolute Gasteiger partial charge is 0.251 e. The molecule has 21 heavy (non-hydrogen) atoms. The first kappa shape index (κ1) is 15.0. The molecule has 6 heteroatoms. The maximum atomic E-state index is 11.7. The summed E-state index contributed by atoms with van der Waals surface area (Å²) in [5.41, 5.74) is 0.557. The first-order valence-corrected chi connectivity index (χ1v) is 7.04. The van der Waals surface area contributed by atoms with E-state index in [1.165, 1.54) is 0 Å². The first-order valence-electron chi connectivity index (χ1n) is 7.04. The molecule has 1 aliphatic rings. The fourth-order valence-corrected chi connectivity index (χ4v) is 1.75. The molecule has 6 nitrogen and oxygen atoms in total. The summed E-state index contributed by atoms with van der Waals surface area (Å²) in [6, 6.07) is 9.09. The van der Waals surface area contributed by atoms with E-state index in [1.54, 1.807) is 24.3 Å². The van der Waals surface area contributed by atoms with Gasteiger partial charge in [0.1, 0.15) is 0 Å².